The topological polar surface area (TPSA) is 49.9 Å². The number of para-hydroxylation sites is 1. The number of rotatable bonds is 5. The highest BCUT2D eigenvalue weighted by Gasteiger charge is 2.48. The number of hydrogen-bond acceptors (Lipinski definition) is 3. The molecule has 2 amide bonds. The zero-order chi connectivity index (χ0) is 17.0. The van der Waals surface area contributed by atoms with Crippen LogP contribution in [0.5, 0.6) is 5.75 Å². The molecule has 0 aliphatic carbocycles. The van der Waals surface area contributed by atoms with Gasteiger partial charge in [-0.15, -0.1) is 0 Å². The number of ether oxygens (including phenoxy) is 1. The van der Waals surface area contributed by atoms with Gasteiger partial charge in [0.25, 0.3) is 0 Å². The number of carbonyl (C=O) groups excluding carboxylic acids is 2. The van der Waals surface area contributed by atoms with Crippen LogP contribution in [-0.2, 0) is 9.59 Å². The van der Waals surface area contributed by atoms with Gasteiger partial charge < -0.3 is 14.5 Å². The summed E-state index contributed by atoms with van der Waals surface area (Å²) in [7, 11) is 1.87. The molecule has 0 aromatic heterocycles. The fraction of sp³-hybridized carbons (Fsp3) is 0.579. The van der Waals surface area contributed by atoms with E-state index in [-0.39, 0.29) is 17.2 Å². The van der Waals surface area contributed by atoms with Crippen LogP contribution in [0, 0.1) is 5.41 Å². The highest BCUT2D eigenvalue weighted by atomic mass is 16.5. The van der Waals surface area contributed by atoms with E-state index >= 15 is 0 Å². The van der Waals surface area contributed by atoms with Crippen LogP contribution in [0.1, 0.15) is 32.1 Å². The van der Waals surface area contributed by atoms with Gasteiger partial charge in [0.05, 0.1) is 12.0 Å². The van der Waals surface area contributed by atoms with Gasteiger partial charge in [-0.1, -0.05) is 18.2 Å². The van der Waals surface area contributed by atoms with Gasteiger partial charge >= 0.3 is 0 Å². The molecule has 0 saturated carbocycles. The third kappa shape index (κ3) is 3.55. The van der Waals surface area contributed by atoms with Crippen LogP contribution in [0.2, 0.25) is 0 Å². The second-order valence-electron chi connectivity index (χ2n) is 6.94. The lowest BCUT2D eigenvalue weighted by atomic mass is 9.78. The van der Waals surface area contributed by atoms with Crippen molar-refractivity contribution in [3.05, 3.63) is 30.3 Å². The predicted molar refractivity (Wildman–Crippen MR) is 91.7 cm³/mol. The summed E-state index contributed by atoms with van der Waals surface area (Å²) in [6.07, 6.45) is 3.94. The van der Waals surface area contributed by atoms with E-state index < -0.39 is 0 Å². The molecule has 1 aromatic carbocycles. The number of amides is 2. The third-order valence-corrected chi connectivity index (χ3v) is 5.20. The lowest BCUT2D eigenvalue weighted by molar-refractivity contribution is -0.144. The van der Waals surface area contributed by atoms with Gasteiger partial charge in [0.2, 0.25) is 11.8 Å². The zero-order valence-electron chi connectivity index (χ0n) is 14.4. The lowest BCUT2D eigenvalue weighted by Gasteiger charge is -2.37. The molecule has 2 saturated heterocycles. The fourth-order valence-corrected chi connectivity index (χ4v) is 3.82. The second kappa shape index (κ2) is 7.24. The fourth-order valence-electron chi connectivity index (χ4n) is 3.82. The van der Waals surface area contributed by atoms with E-state index in [9.17, 15) is 9.59 Å². The summed E-state index contributed by atoms with van der Waals surface area (Å²) in [5.74, 6) is 1.20. The Hall–Kier alpha value is -2.04. The molecule has 2 fully saturated rings. The average Bonchev–Trinajstić information content (AvgIpc) is 3.03. The Morgan fingerprint density at radius 2 is 2.00 bits per heavy atom. The van der Waals surface area contributed by atoms with E-state index in [0.717, 1.165) is 31.6 Å². The minimum absolute atomic E-state index is 0.143. The van der Waals surface area contributed by atoms with Crippen LogP contribution in [-0.4, -0.2) is 54.9 Å². The molecule has 3 rings (SSSR count). The average molecular weight is 330 g/mol. The van der Waals surface area contributed by atoms with E-state index in [1.807, 2.05) is 47.2 Å². The summed E-state index contributed by atoms with van der Waals surface area (Å²) in [4.78, 5) is 28.6. The highest BCUT2D eigenvalue weighted by molar-refractivity contribution is 5.85. The summed E-state index contributed by atoms with van der Waals surface area (Å²) in [5, 5.41) is 0. The zero-order valence-corrected chi connectivity index (χ0v) is 14.4. The second-order valence-corrected chi connectivity index (χ2v) is 6.94. The van der Waals surface area contributed by atoms with Crippen LogP contribution in [0.4, 0.5) is 0 Å². The Morgan fingerprint density at radius 3 is 2.79 bits per heavy atom. The third-order valence-electron chi connectivity index (χ3n) is 5.20. The van der Waals surface area contributed by atoms with Crippen molar-refractivity contribution in [3.8, 4) is 5.75 Å². The quantitative estimate of drug-likeness (QED) is 0.779. The lowest BCUT2D eigenvalue weighted by Crippen LogP contribution is -2.48. The van der Waals surface area contributed by atoms with E-state index in [4.69, 9.17) is 4.74 Å². The van der Waals surface area contributed by atoms with Gasteiger partial charge in [-0.25, -0.2) is 0 Å². The molecule has 130 valence electrons. The molecule has 2 heterocycles. The summed E-state index contributed by atoms with van der Waals surface area (Å²) >= 11 is 0. The highest BCUT2D eigenvalue weighted by Crippen LogP contribution is 2.39. The van der Waals surface area contributed by atoms with Crippen LogP contribution in [0.15, 0.2) is 30.3 Å². The van der Waals surface area contributed by atoms with E-state index in [1.54, 1.807) is 0 Å². The minimum atomic E-state index is -0.316. The molecule has 1 unspecified atom stereocenters. The predicted octanol–water partition coefficient (Wildman–Crippen LogP) is 2.32. The van der Waals surface area contributed by atoms with Crippen molar-refractivity contribution in [1.82, 2.24) is 9.80 Å². The maximum absolute atomic E-state index is 12.5. The Kier molecular flexibility index (Phi) is 5.07. The van der Waals surface area contributed by atoms with Gasteiger partial charge in [0, 0.05) is 33.1 Å². The number of carbonyl (C=O) groups is 2. The van der Waals surface area contributed by atoms with Crippen LogP contribution < -0.4 is 4.74 Å². The molecule has 0 bridgehead atoms. The first-order valence-corrected chi connectivity index (χ1v) is 8.82. The molecule has 1 atom stereocenters. The molecule has 0 radical (unpaired) electrons. The van der Waals surface area contributed by atoms with Crippen LogP contribution >= 0.6 is 0 Å². The van der Waals surface area contributed by atoms with Gasteiger partial charge in [-0.05, 0) is 37.8 Å². The minimum Gasteiger partial charge on any atom is -0.494 e. The smallest absolute Gasteiger partial charge is 0.230 e. The van der Waals surface area contributed by atoms with Gasteiger partial charge in [0.1, 0.15) is 5.75 Å². The molecule has 2 aliphatic rings. The Bertz CT molecular complexity index is 590. The van der Waals surface area contributed by atoms with Crippen molar-refractivity contribution in [2.75, 3.05) is 33.3 Å². The van der Waals surface area contributed by atoms with Gasteiger partial charge in [-0.2, -0.15) is 0 Å². The first-order valence-electron chi connectivity index (χ1n) is 8.82. The molecule has 1 aromatic rings. The molecule has 0 N–H and O–H groups in total. The van der Waals surface area contributed by atoms with Gasteiger partial charge in [0.15, 0.2) is 0 Å². The number of hydrogen-bond donors (Lipinski definition) is 0. The van der Waals surface area contributed by atoms with Crippen molar-refractivity contribution < 1.29 is 14.3 Å². The van der Waals surface area contributed by atoms with Crippen LogP contribution in [0.25, 0.3) is 0 Å². The Balaban J connectivity index is 1.44. The van der Waals surface area contributed by atoms with E-state index in [1.165, 1.54) is 0 Å². The maximum atomic E-state index is 12.5. The van der Waals surface area contributed by atoms with Crippen molar-refractivity contribution in [3.63, 3.8) is 0 Å². The Labute approximate surface area is 143 Å². The summed E-state index contributed by atoms with van der Waals surface area (Å²) in [5.41, 5.74) is -0.316. The standard InChI is InChI=1S/C19H26N2O3/c1-20-12-6-10-19(18(20)23)11-13-21(15-19)17(22)9-5-14-24-16-7-3-2-4-8-16/h2-4,7-8H,5-6,9-15H2,1H3. The summed E-state index contributed by atoms with van der Waals surface area (Å²) in [6.45, 7) is 2.67. The first kappa shape index (κ1) is 16.8. The normalized spacial score (nSPS) is 23.8. The monoisotopic (exact) mass is 330 g/mol. The number of benzene rings is 1. The van der Waals surface area contributed by atoms with Crippen molar-refractivity contribution in [1.29, 1.82) is 0 Å². The van der Waals surface area contributed by atoms with E-state index in [2.05, 4.69) is 0 Å². The summed E-state index contributed by atoms with van der Waals surface area (Å²) in [6, 6.07) is 9.64. The molecule has 5 heteroatoms. The SMILES string of the molecule is CN1CCCC2(CCN(C(=O)CCCOc3ccccc3)C2)C1=O. The number of likely N-dealkylation sites (tertiary alicyclic amines) is 2. The molecule has 24 heavy (non-hydrogen) atoms. The maximum Gasteiger partial charge on any atom is 0.230 e. The largest absolute Gasteiger partial charge is 0.494 e. The van der Waals surface area contributed by atoms with Crippen molar-refractivity contribution >= 4 is 11.8 Å². The molecular formula is C19H26N2O3. The molecular weight excluding hydrogens is 304 g/mol. The van der Waals surface area contributed by atoms with Gasteiger partial charge in [-0.3, -0.25) is 9.59 Å². The van der Waals surface area contributed by atoms with E-state index in [0.29, 0.717) is 32.5 Å². The molecule has 2 aliphatic heterocycles. The number of piperidine rings is 1. The van der Waals surface area contributed by atoms with Crippen LogP contribution in [0.3, 0.4) is 0 Å². The molecule has 1 spiro atoms. The first-order chi connectivity index (χ1) is 11.6. The molecule has 5 nitrogen and oxygen atoms in total. The summed E-state index contributed by atoms with van der Waals surface area (Å²) < 4.78 is 5.63. The van der Waals surface area contributed by atoms with Crippen molar-refractivity contribution in [2.24, 2.45) is 5.41 Å². The number of nitrogens with zero attached hydrogens (tertiary/aromatic N) is 2. The van der Waals surface area contributed by atoms with Crippen molar-refractivity contribution in [2.45, 2.75) is 32.1 Å². The Morgan fingerprint density at radius 1 is 1.21 bits per heavy atom.